The summed E-state index contributed by atoms with van der Waals surface area (Å²) in [5.41, 5.74) is 1.08. The van der Waals surface area contributed by atoms with Crippen LogP contribution in [0.1, 0.15) is 49.9 Å². The van der Waals surface area contributed by atoms with Crippen LogP contribution in [-0.2, 0) is 4.74 Å². The number of ether oxygens (including phenoxy) is 1. The average Bonchev–Trinajstić information content (AvgIpc) is 3.26. The molecule has 1 fully saturated rings. The molecule has 1 saturated carbocycles. The topological polar surface area (TPSA) is 59.1 Å². The molecule has 20 heavy (non-hydrogen) atoms. The Morgan fingerprint density at radius 3 is 2.55 bits per heavy atom. The molecule has 112 valence electrons. The highest BCUT2D eigenvalue weighted by Gasteiger charge is 2.28. The maximum absolute atomic E-state index is 5.29. The molecule has 0 bridgehead atoms. The van der Waals surface area contributed by atoms with Crippen molar-refractivity contribution in [3.8, 4) is 0 Å². The lowest BCUT2D eigenvalue weighted by molar-refractivity contribution is 0.182. The first kappa shape index (κ1) is 15.0. The Labute approximate surface area is 121 Å². The summed E-state index contributed by atoms with van der Waals surface area (Å²) >= 11 is 0. The number of methoxy groups -OCH3 is 1. The second-order valence-corrected chi connectivity index (χ2v) is 5.51. The van der Waals surface area contributed by atoms with Crippen LogP contribution in [0.2, 0.25) is 0 Å². The van der Waals surface area contributed by atoms with E-state index in [2.05, 4.69) is 29.5 Å². The molecule has 1 atom stereocenters. The van der Waals surface area contributed by atoms with Gasteiger partial charge in [0, 0.05) is 25.6 Å². The number of nitrogens with one attached hydrogen (secondary N) is 2. The number of anilines is 2. The van der Waals surface area contributed by atoms with Crippen molar-refractivity contribution < 1.29 is 4.74 Å². The molecular formula is C15H26N4O. The second-order valence-electron chi connectivity index (χ2n) is 5.51. The third-order valence-electron chi connectivity index (χ3n) is 3.69. The van der Waals surface area contributed by atoms with Crippen molar-refractivity contribution in [3.05, 3.63) is 11.4 Å². The molecule has 0 aliphatic heterocycles. The SMILES string of the molecule is CCCC(COC)Nc1nc(C2CC2)nc(NC)c1C. The lowest BCUT2D eigenvalue weighted by atomic mass is 10.1. The fourth-order valence-corrected chi connectivity index (χ4v) is 2.38. The lowest BCUT2D eigenvalue weighted by Crippen LogP contribution is -2.26. The minimum atomic E-state index is 0.301. The molecule has 1 aliphatic rings. The van der Waals surface area contributed by atoms with Gasteiger partial charge in [-0.15, -0.1) is 0 Å². The van der Waals surface area contributed by atoms with E-state index in [0.29, 0.717) is 18.6 Å². The zero-order valence-corrected chi connectivity index (χ0v) is 13.0. The Morgan fingerprint density at radius 2 is 2.00 bits per heavy atom. The summed E-state index contributed by atoms with van der Waals surface area (Å²) in [6, 6.07) is 0.301. The van der Waals surface area contributed by atoms with Crippen LogP contribution in [0, 0.1) is 6.92 Å². The van der Waals surface area contributed by atoms with Crippen molar-refractivity contribution in [2.75, 3.05) is 31.4 Å². The Hall–Kier alpha value is -1.36. The van der Waals surface area contributed by atoms with E-state index in [1.54, 1.807) is 7.11 Å². The predicted octanol–water partition coefficient (Wildman–Crippen LogP) is 2.93. The first-order valence-corrected chi connectivity index (χ1v) is 7.51. The minimum Gasteiger partial charge on any atom is -0.383 e. The summed E-state index contributed by atoms with van der Waals surface area (Å²) in [5, 5.41) is 6.70. The molecule has 1 aromatic heterocycles. The normalized spacial score (nSPS) is 16.0. The number of rotatable bonds is 8. The minimum absolute atomic E-state index is 0.301. The molecule has 2 rings (SSSR count). The summed E-state index contributed by atoms with van der Waals surface area (Å²) in [5.74, 6) is 3.39. The first-order chi connectivity index (χ1) is 9.69. The third-order valence-corrected chi connectivity index (χ3v) is 3.69. The van der Waals surface area contributed by atoms with E-state index in [4.69, 9.17) is 9.72 Å². The average molecular weight is 278 g/mol. The number of nitrogens with zero attached hydrogens (tertiary/aromatic N) is 2. The van der Waals surface area contributed by atoms with E-state index in [1.807, 2.05) is 7.05 Å². The highest BCUT2D eigenvalue weighted by Crippen LogP contribution is 2.39. The van der Waals surface area contributed by atoms with Crippen molar-refractivity contribution in [3.63, 3.8) is 0 Å². The Bertz CT molecular complexity index is 440. The quantitative estimate of drug-likeness (QED) is 0.765. The molecule has 1 heterocycles. The lowest BCUT2D eigenvalue weighted by Gasteiger charge is -2.20. The zero-order chi connectivity index (χ0) is 14.5. The van der Waals surface area contributed by atoms with E-state index >= 15 is 0 Å². The molecule has 2 N–H and O–H groups in total. The maximum atomic E-state index is 5.29. The molecule has 0 spiro atoms. The molecule has 1 aromatic rings. The van der Waals surface area contributed by atoms with Crippen LogP contribution in [-0.4, -0.2) is 36.8 Å². The van der Waals surface area contributed by atoms with Crippen molar-refractivity contribution in [1.29, 1.82) is 0 Å². The second kappa shape index (κ2) is 6.88. The molecule has 0 amide bonds. The van der Waals surface area contributed by atoms with Crippen LogP contribution in [0.15, 0.2) is 0 Å². The third kappa shape index (κ3) is 3.60. The molecule has 0 radical (unpaired) electrons. The Kier molecular flexibility index (Phi) is 5.17. The van der Waals surface area contributed by atoms with Gasteiger partial charge >= 0.3 is 0 Å². The van der Waals surface area contributed by atoms with E-state index in [-0.39, 0.29) is 0 Å². The molecule has 5 heteroatoms. The number of hydrogen-bond donors (Lipinski definition) is 2. The molecule has 0 aromatic carbocycles. The van der Waals surface area contributed by atoms with E-state index in [1.165, 1.54) is 12.8 Å². The maximum Gasteiger partial charge on any atom is 0.136 e. The van der Waals surface area contributed by atoms with Crippen molar-refractivity contribution in [2.45, 2.75) is 51.5 Å². The van der Waals surface area contributed by atoms with Gasteiger partial charge in [-0.05, 0) is 26.2 Å². The fraction of sp³-hybridized carbons (Fsp3) is 0.733. The van der Waals surface area contributed by atoms with Gasteiger partial charge in [-0.3, -0.25) is 0 Å². The van der Waals surface area contributed by atoms with Gasteiger partial charge in [0.15, 0.2) is 0 Å². The molecule has 0 saturated heterocycles. The molecule has 1 unspecified atom stereocenters. The Balaban J connectivity index is 2.21. The van der Waals surface area contributed by atoms with Crippen molar-refractivity contribution in [1.82, 2.24) is 9.97 Å². The molecule has 1 aliphatic carbocycles. The molecule has 5 nitrogen and oxygen atoms in total. The number of hydrogen-bond acceptors (Lipinski definition) is 5. The first-order valence-electron chi connectivity index (χ1n) is 7.51. The Morgan fingerprint density at radius 1 is 1.30 bits per heavy atom. The van der Waals surface area contributed by atoms with Crippen LogP contribution in [0.4, 0.5) is 11.6 Å². The monoisotopic (exact) mass is 278 g/mol. The summed E-state index contributed by atoms with van der Waals surface area (Å²) in [6.45, 7) is 4.94. The van der Waals surface area contributed by atoms with E-state index in [0.717, 1.165) is 35.9 Å². The summed E-state index contributed by atoms with van der Waals surface area (Å²) < 4.78 is 5.29. The van der Waals surface area contributed by atoms with Crippen molar-refractivity contribution in [2.24, 2.45) is 0 Å². The van der Waals surface area contributed by atoms with Crippen molar-refractivity contribution >= 4 is 11.6 Å². The number of aromatic nitrogens is 2. The van der Waals surface area contributed by atoms with Gasteiger partial charge in [0.25, 0.3) is 0 Å². The highest BCUT2D eigenvalue weighted by atomic mass is 16.5. The van der Waals surface area contributed by atoms with Gasteiger partial charge in [0.2, 0.25) is 0 Å². The van der Waals surface area contributed by atoms with Gasteiger partial charge in [0.1, 0.15) is 17.5 Å². The van der Waals surface area contributed by atoms with Crippen LogP contribution < -0.4 is 10.6 Å². The smallest absolute Gasteiger partial charge is 0.136 e. The summed E-state index contributed by atoms with van der Waals surface area (Å²) in [6.07, 6.45) is 4.62. The van der Waals surface area contributed by atoms with E-state index in [9.17, 15) is 0 Å². The van der Waals surface area contributed by atoms with Gasteiger partial charge in [-0.25, -0.2) is 9.97 Å². The molecular weight excluding hydrogens is 252 g/mol. The highest BCUT2D eigenvalue weighted by molar-refractivity contribution is 5.57. The van der Waals surface area contributed by atoms with Gasteiger partial charge < -0.3 is 15.4 Å². The van der Waals surface area contributed by atoms with E-state index < -0.39 is 0 Å². The summed E-state index contributed by atoms with van der Waals surface area (Å²) in [7, 11) is 3.65. The van der Waals surface area contributed by atoms with Gasteiger partial charge in [0.05, 0.1) is 12.6 Å². The summed E-state index contributed by atoms with van der Waals surface area (Å²) in [4.78, 5) is 9.35. The fourth-order valence-electron chi connectivity index (χ4n) is 2.38. The van der Waals surface area contributed by atoms with Crippen LogP contribution in [0.3, 0.4) is 0 Å². The van der Waals surface area contributed by atoms with Crippen LogP contribution in [0.5, 0.6) is 0 Å². The van der Waals surface area contributed by atoms with Crippen LogP contribution in [0.25, 0.3) is 0 Å². The zero-order valence-electron chi connectivity index (χ0n) is 13.0. The van der Waals surface area contributed by atoms with Gasteiger partial charge in [-0.2, -0.15) is 0 Å². The van der Waals surface area contributed by atoms with Crippen LogP contribution >= 0.6 is 0 Å². The standard InChI is InChI=1S/C15H26N4O/c1-5-6-12(9-20-4)17-14-10(2)13(16-3)18-15(19-14)11-7-8-11/h11-12H,5-9H2,1-4H3,(H2,16,17,18,19). The largest absolute Gasteiger partial charge is 0.383 e. The predicted molar refractivity (Wildman–Crippen MR) is 82.5 cm³/mol. The van der Waals surface area contributed by atoms with Gasteiger partial charge in [-0.1, -0.05) is 13.3 Å².